The SMILES string of the molecule is COc1cc(/C=C(\C#N)c2ccc([N+](=O)[O-])cc2)ccc1OCc1ccccc1. The van der Waals surface area contributed by atoms with Crippen molar-refractivity contribution >= 4 is 17.3 Å². The number of nitriles is 1. The fourth-order valence-electron chi connectivity index (χ4n) is 2.74. The molecule has 3 rings (SSSR count). The van der Waals surface area contributed by atoms with Crippen molar-refractivity contribution in [2.45, 2.75) is 6.61 Å². The third-order valence-electron chi connectivity index (χ3n) is 4.25. The topological polar surface area (TPSA) is 85.4 Å². The summed E-state index contributed by atoms with van der Waals surface area (Å²) in [5, 5.41) is 20.3. The van der Waals surface area contributed by atoms with Gasteiger partial charge in [-0.1, -0.05) is 36.4 Å². The van der Waals surface area contributed by atoms with Gasteiger partial charge >= 0.3 is 0 Å². The second kappa shape index (κ2) is 9.20. The van der Waals surface area contributed by atoms with Gasteiger partial charge < -0.3 is 9.47 Å². The van der Waals surface area contributed by atoms with Crippen molar-refractivity contribution < 1.29 is 14.4 Å². The lowest BCUT2D eigenvalue weighted by Gasteiger charge is -2.11. The molecule has 0 spiro atoms. The van der Waals surface area contributed by atoms with Gasteiger partial charge in [0.2, 0.25) is 0 Å². The lowest BCUT2D eigenvalue weighted by atomic mass is 10.0. The third kappa shape index (κ3) is 4.99. The predicted molar refractivity (Wildman–Crippen MR) is 110 cm³/mol. The molecule has 0 atom stereocenters. The Balaban J connectivity index is 1.82. The molecule has 0 saturated heterocycles. The number of benzene rings is 3. The number of allylic oxidation sites excluding steroid dienone is 1. The standard InChI is InChI=1S/C23H18N2O4/c1-28-23-14-18(7-12-22(23)29-16-17-5-3-2-4-6-17)13-20(15-24)19-8-10-21(11-9-19)25(26)27/h2-14H,16H2,1H3/b20-13+. The summed E-state index contributed by atoms with van der Waals surface area (Å²) in [5.41, 5.74) is 2.77. The first-order chi connectivity index (χ1) is 14.1. The zero-order valence-electron chi connectivity index (χ0n) is 15.7. The van der Waals surface area contributed by atoms with Crippen molar-refractivity contribution in [3.8, 4) is 17.6 Å². The first-order valence-corrected chi connectivity index (χ1v) is 8.82. The summed E-state index contributed by atoms with van der Waals surface area (Å²) in [6.07, 6.45) is 1.70. The van der Waals surface area contributed by atoms with E-state index in [0.29, 0.717) is 29.2 Å². The summed E-state index contributed by atoms with van der Waals surface area (Å²) in [4.78, 5) is 10.3. The van der Waals surface area contributed by atoms with Crippen LogP contribution in [0, 0.1) is 21.4 Å². The molecule has 0 amide bonds. The summed E-state index contributed by atoms with van der Waals surface area (Å²) >= 11 is 0. The molecule has 0 radical (unpaired) electrons. The first kappa shape index (κ1) is 19.6. The molecule has 0 fully saturated rings. The Bertz CT molecular complexity index is 1070. The Hall–Kier alpha value is -4.11. The van der Waals surface area contributed by atoms with Crippen LogP contribution < -0.4 is 9.47 Å². The van der Waals surface area contributed by atoms with Crippen LogP contribution in [0.4, 0.5) is 5.69 Å². The molecule has 0 aliphatic heterocycles. The summed E-state index contributed by atoms with van der Waals surface area (Å²) in [5.74, 6) is 1.15. The molecule has 0 heterocycles. The van der Waals surface area contributed by atoms with E-state index in [-0.39, 0.29) is 5.69 Å². The van der Waals surface area contributed by atoms with Crippen LogP contribution in [0.1, 0.15) is 16.7 Å². The maximum atomic E-state index is 10.8. The van der Waals surface area contributed by atoms with Crippen molar-refractivity contribution in [2.24, 2.45) is 0 Å². The fraction of sp³-hybridized carbons (Fsp3) is 0.0870. The number of non-ortho nitro benzene ring substituents is 1. The van der Waals surface area contributed by atoms with Gasteiger partial charge in [0, 0.05) is 12.1 Å². The Morgan fingerprint density at radius 2 is 1.79 bits per heavy atom. The summed E-state index contributed by atoms with van der Waals surface area (Å²) in [6, 6.07) is 23.2. The van der Waals surface area contributed by atoms with Gasteiger partial charge in [0.05, 0.1) is 23.7 Å². The minimum atomic E-state index is -0.474. The molecular formula is C23H18N2O4. The highest BCUT2D eigenvalue weighted by atomic mass is 16.6. The number of nitro groups is 1. The second-order valence-corrected chi connectivity index (χ2v) is 6.16. The van der Waals surface area contributed by atoms with Gasteiger partial charge in [-0.15, -0.1) is 0 Å². The number of nitrogens with zero attached hydrogens (tertiary/aromatic N) is 2. The van der Waals surface area contributed by atoms with Gasteiger partial charge in [-0.05, 0) is 47.0 Å². The van der Waals surface area contributed by atoms with E-state index in [9.17, 15) is 15.4 Å². The Labute approximate surface area is 168 Å². The van der Waals surface area contributed by atoms with E-state index in [1.807, 2.05) is 36.4 Å². The van der Waals surface area contributed by atoms with Crippen LogP contribution in [0.25, 0.3) is 11.6 Å². The molecule has 0 aromatic heterocycles. The highest BCUT2D eigenvalue weighted by Crippen LogP contribution is 2.30. The molecule has 3 aromatic rings. The van der Waals surface area contributed by atoms with E-state index in [2.05, 4.69) is 6.07 Å². The molecule has 6 nitrogen and oxygen atoms in total. The lowest BCUT2D eigenvalue weighted by Crippen LogP contribution is -1.97. The van der Waals surface area contributed by atoms with Gasteiger partial charge in [0.15, 0.2) is 11.5 Å². The zero-order valence-corrected chi connectivity index (χ0v) is 15.7. The lowest BCUT2D eigenvalue weighted by molar-refractivity contribution is -0.384. The molecule has 0 N–H and O–H groups in total. The minimum Gasteiger partial charge on any atom is -0.493 e. The largest absolute Gasteiger partial charge is 0.493 e. The van der Waals surface area contributed by atoms with Crippen LogP contribution in [-0.4, -0.2) is 12.0 Å². The molecule has 0 unspecified atom stereocenters. The van der Waals surface area contributed by atoms with Crippen LogP contribution >= 0.6 is 0 Å². The molecule has 144 valence electrons. The van der Waals surface area contributed by atoms with Gasteiger partial charge in [0.1, 0.15) is 6.61 Å². The number of hydrogen-bond donors (Lipinski definition) is 0. The average molecular weight is 386 g/mol. The number of ether oxygens (including phenoxy) is 2. The van der Waals surface area contributed by atoms with E-state index in [0.717, 1.165) is 11.1 Å². The normalized spacial score (nSPS) is 10.8. The van der Waals surface area contributed by atoms with E-state index < -0.39 is 4.92 Å². The number of hydrogen-bond acceptors (Lipinski definition) is 5. The Morgan fingerprint density at radius 3 is 2.41 bits per heavy atom. The van der Waals surface area contributed by atoms with Crippen LogP contribution in [-0.2, 0) is 6.61 Å². The molecule has 0 aliphatic rings. The summed E-state index contributed by atoms with van der Waals surface area (Å²) < 4.78 is 11.3. The summed E-state index contributed by atoms with van der Waals surface area (Å²) in [7, 11) is 1.56. The predicted octanol–water partition coefficient (Wildman–Crippen LogP) is 5.25. The van der Waals surface area contributed by atoms with E-state index >= 15 is 0 Å². The quantitative estimate of drug-likeness (QED) is 0.240. The smallest absolute Gasteiger partial charge is 0.269 e. The second-order valence-electron chi connectivity index (χ2n) is 6.16. The van der Waals surface area contributed by atoms with Crippen molar-refractivity contribution in [1.82, 2.24) is 0 Å². The average Bonchev–Trinajstić information content (AvgIpc) is 2.77. The number of nitro benzene ring substituents is 1. The van der Waals surface area contributed by atoms with E-state index in [1.165, 1.54) is 12.1 Å². The molecule has 6 heteroatoms. The molecule has 0 saturated carbocycles. The molecule has 0 bridgehead atoms. The van der Waals surface area contributed by atoms with Gasteiger partial charge in [-0.25, -0.2) is 0 Å². The first-order valence-electron chi connectivity index (χ1n) is 8.82. The molecule has 3 aromatic carbocycles. The van der Waals surface area contributed by atoms with E-state index in [1.54, 1.807) is 37.5 Å². The van der Waals surface area contributed by atoms with Crippen molar-refractivity contribution in [3.05, 3.63) is 99.6 Å². The Kier molecular flexibility index (Phi) is 6.23. The summed E-state index contributed by atoms with van der Waals surface area (Å²) in [6.45, 7) is 0.415. The highest BCUT2D eigenvalue weighted by Gasteiger charge is 2.09. The van der Waals surface area contributed by atoms with Gasteiger partial charge in [-0.3, -0.25) is 10.1 Å². The fourth-order valence-corrected chi connectivity index (χ4v) is 2.74. The molecular weight excluding hydrogens is 368 g/mol. The third-order valence-corrected chi connectivity index (χ3v) is 4.25. The highest BCUT2D eigenvalue weighted by molar-refractivity contribution is 5.90. The van der Waals surface area contributed by atoms with Crippen molar-refractivity contribution in [2.75, 3.05) is 7.11 Å². The van der Waals surface area contributed by atoms with Crippen LogP contribution in [0.15, 0.2) is 72.8 Å². The number of methoxy groups -OCH3 is 1. The molecule has 0 aliphatic carbocycles. The van der Waals surface area contributed by atoms with Crippen LogP contribution in [0.2, 0.25) is 0 Å². The van der Waals surface area contributed by atoms with Crippen LogP contribution in [0.5, 0.6) is 11.5 Å². The van der Waals surface area contributed by atoms with Gasteiger partial charge in [-0.2, -0.15) is 5.26 Å². The van der Waals surface area contributed by atoms with E-state index in [4.69, 9.17) is 9.47 Å². The van der Waals surface area contributed by atoms with Crippen LogP contribution in [0.3, 0.4) is 0 Å². The maximum Gasteiger partial charge on any atom is 0.269 e. The van der Waals surface area contributed by atoms with Crippen molar-refractivity contribution in [3.63, 3.8) is 0 Å². The van der Waals surface area contributed by atoms with Crippen molar-refractivity contribution in [1.29, 1.82) is 5.26 Å². The monoisotopic (exact) mass is 386 g/mol. The molecule has 29 heavy (non-hydrogen) atoms. The number of rotatable bonds is 7. The zero-order chi connectivity index (χ0) is 20.6. The maximum absolute atomic E-state index is 10.8. The van der Waals surface area contributed by atoms with Gasteiger partial charge in [0.25, 0.3) is 5.69 Å². The Morgan fingerprint density at radius 1 is 1.07 bits per heavy atom. The minimum absolute atomic E-state index is 0.0207.